The van der Waals surface area contributed by atoms with E-state index in [0.717, 1.165) is 5.56 Å². The average molecular weight is 369 g/mol. The summed E-state index contributed by atoms with van der Waals surface area (Å²) in [4.78, 5) is 40.4. The number of amides is 3. The molecular formula is C19H15ClN3O3+. The molecule has 26 heavy (non-hydrogen) atoms. The molecule has 1 spiro atoms. The van der Waals surface area contributed by atoms with Gasteiger partial charge in [0.1, 0.15) is 11.8 Å². The van der Waals surface area contributed by atoms with Crippen LogP contribution in [-0.2, 0) is 19.9 Å². The van der Waals surface area contributed by atoms with Crippen molar-refractivity contribution in [2.45, 2.75) is 5.54 Å². The summed E-state index contributed by atoms with van der Waals surface area (Å²) in [5, 5.41) is 5.16. The first-order valence-electron chi connectivity index (χ1n) is 8.43. The van der Waals surface area contributed by atoms with Crippen LogP contribution in [0, 0.1) is 11.8 Å². The predicted molar refractivity (Wildman–Crippen MR) is 94.5 cm³/mol. The molecule has 3 aliphatic heterocycles. The van der Waals surface area contributed by atoms with Crippen LogP contribution in [0.3, 0.4) is 0 Å². The Bertz CT molecular complexity index is 991. The number of nitrogens with one attached hydrogen (secondary N) is 1. The first kappa shape index (κ1) is 15.5. The number of rotatable bonds is 1. The van der Waals surface area contributed by atoms with Gasteiger partial charge in [0.2, 0.25) is 17.4 Å². The number of carbonyl (C=O) groups excluding carboxylic acids is 3. The van der Waals surface area contributed by atoms with E-state index in [1.807, 2.05) is 29.6 Å². The number of hydrogen-bond acceptors (Lipinski definition) is 3. The maximum Gasteiger partial charge on any atom is 0.291 e. The number of nitrogens with two attached hydrogens (primary N) is 1. The number of nitrogens with zero attached hydrogens (tertiary/aromatic N) is 1. The van der Waals surface area contributed by atoms with Crippen molar-refractivity contribution in [3.63, 3.8) is 0 Å². The van der Waals surface area contributed by atoms with E-state index in [4.69, 9.17) is 11.6 Å². The fourth-order valence-electron chi connectivity index (χ4n) is 4.60. The second kappa shape index (κ2) is 5.16. The molecule has 0 unspecified atom stereocenters. The summed E-state index contributed by atoms with van der Waals surface area (Å²) >= 11 is 6.03. The number of hydrogen-bond donors (Lipinski definition) is 2. The Kier molecular flexibility index (Phi) is 3.08. The highest BCUT2D eigenvalue weighted by Crippen LogP contribution is 2.48. The van der Waals surface area contributed by atoms with Gasteiger partial charge in [-0.25, -0.2) is 4.90 Å². The highest BCUT2D eigenvalue weighted by atomic mass is 35.5. The fourth-order valence-corrected chi connectivity index (χ4v) is 4.78. The molecule has 0 saturated carbocycles. The Morgan fingerprint density at radius 3 is 2.69 bits per heavy atom. The van der Waals surface area contributed by atoms with Gasteiger partial charge in [0.05, 0.1) is 17.9 Å². The number of halogens is 1. The molecule has 3 atom stereocenters. The number of carbonyl (C=O) groups is 3. The molecule has 5 rings (SSSR count). The van der Waals surface area contributed by atoms with E-state index in [2.05, 4.69) is 5.32 Å². The van der Waals surface area contributed by atoms with E-state index < -0.39 is 17.4 Å². The maximum absolute atomic E-state index is 13.3. The van der Waals surface area contributed by atoms with Gasteiger partial charge in [0.25, 0.3) is 5.91 Å². The highest BCUT2D eigenvalue weighted by Gasteiger charge is 2.71. The van der Waals surface area contributed by atoms with E-state index in [-0.39, 0.29) is 17.7 Å². The van der Waals surface area contributed by atoms with Crippen LogP contribution >= 0.6 is 11.6 Å². The van der Waals surface area contributed by atoms with Gasteiger partial charge in [0, 0.05) is 10.6 Å². The quantitative estimate of drug-likeness (QED) is 0.733. The van der Waals surface area contributed by atoms with Crippen molar-refractivity contribution in [3.8, 4) is 0 Å². The van der Waals surface area contributed by atoms with Crippen molar-refractivity contribution in [1.29, 1.82) is 0 Å². The Balaban J connectivity index is 1.64. The van der Waals surface area contributed by atoms with Crippen LogP contribution in [-0.4, -0.2) is 24.3 Å². The molecule has 3 amide bonds. The monoisotopic (exact) mass is 368 g/mol. The van der Waals surface area contributed by atoms with Gasteiger partial charge in [0.15, 0.2) is 0 Å². The molecule has 3 heterocycles. The van der Waals surface area contributed by atoms with Gasteiger partial charge in [-0.2, -0.15) is 0 Å². The zero-order valence-electron chi connectivity index (χ0n) is 13.6. The molecule has 2 saturated heterocycles. The summed E-state index contributed by atoms with van der Waals surface area (Å²) in [6.07, 6.45) is 0. The van der Waals surface area contributed by atoms with Crippen LogP contribution < -0.4 is 15.5 Å². The van der Waals surface area contributed by atoms with Crippen LogP contribution in [0.15, 0.2) is 48.5 Å². The minimum Gasteiger partial charge on any atom is -0.328 e. The second-order valence-corrected chi connectivity index (χ2v) is 7.32. The predicted octanol–water partition coefficient (Wildman–Crippen LogP) is 0.870. The molecule has 0 aromatic heterocycles. The Morgan fingerprint density at radius 2 is 1.88 bits per heavy atom. The van der Waals surface area contributed by atoms with Crippen LogP contribution in [0.25, 0.3) is 0 Å². The summed E-state index contributed by atoms with van der Waals surface area (Å²) in [7, 11) is 0. The smallest absolute Gasteiger partial charge is 0.291 e. The van der Waals surface area contributed by atoms with Crippen molar-refractivity contribution >= 4 is 40.7 Å². The molecule has 0 aliphatic carbocycles. The van der Waals surface area contributed by atoms with E-state index in [9.17, 15) is 14.4 Å². The van der Waals surface area contributed by atoms with Gasteiger partial charge in [-0.05, 0) is 24.3 Å². The van der Waals surface area contributed by atoms with E-state index in [1.165, 1.54) is 4.90 Å². The Hall–Kier alpha value is -2.70. The largest absolute Gasteiger partial charge is 0.328 e. The minimum absolute atomic E-state index is 0.236. The van der Waals surface area contributed by atoms with E-state index in [0.29, 0.717) is 22.9 Å². The number of imide groups is 1. The number of para-hydroxylation sites is 1. The van der Waals surface area contributed by atoms with Crippen LogP contribution in [0.1, 0.15) is 5.56 Å². The van der Waals surface area contributed by atoms with Gasteiger partial charge in [-0.3, -0.25) is 14.4 Å². The van der Waals surface area contributed by atoms with Crippen LogP contribution in [0.5, 0.6) is 0 Å². The summed E-state index contributed by atoms with van der Waals surface area (Å²) in [5.41, 5.74) is 0.840. The zero-order chi connectivity index (χ0) is 18.1. The van der Waals surface area contributed by atoms with Crippen molar-refractivity contribution in [2.75, 3.05) is 16.8 Å². The number of quaternary nitrogens is 1. The maximum atomic E-state index is 13.3. The molecule has 2 fully saturated rings. The molecule has 2 aromatic rings. The zero-order valence-corrected chi connectivity index (χ0v) is 14.4. The van der Waals surface area contributed by atoms with E-state index >= 15 is 0 Å². The lowest BCUT2D eigenvalue weighted by Crippen LogP contribution is -2.95. The minimum atomic E-state index is -1.08. The molecule has 3 N–H and O–H groups in total. The molecule has 2 aromatic carbocycles. The first-order valence-corrected chi connectivity index (χ1v) is 8.80. The standard InChI is InChI=1S/C19H14ClN3O3/c20-10-4-3-5-11(8-10)23-16(24)12-9-21-19(15(12)17(23)25)13-6-1-2-7-14(13)22-18(19)26/h1-8,12,15,21H,9H2,(H,22,26)/p+1/t12-,15+,19+/m1/s1. The number of benzene rings is 2. The first-order chi connectivity index (χ1) is 12.5. The summed E-state index contributed by atoms with van der Waals surface area (Å²) in [6.45, 7) is 0.397. The van der Waals surface area contributed by atoms with Gasteiger partial charge < -0.3 is 10.6 Å². The van der Waals surface area contributed by atoms with Crippen molar-refractivity contribution < 1.29 is 19.7 Å². The average Bonchev–Trinajstić information content (AvgIpc) is 3.23. The number of anilines is 2. The van der Waals surface area contributed by atoms with Gasteiger partial charge in [-0.15, -0.1) is 0 Å². The van der Waals surface area contributed by atoms with Crippen LogP contribution in [0.4, 0.5) is 11.4 Å². The van der Waals surface area contributed by atoms with E-state index in [1.54, 1.807) is 24.3 Å². The molecule has 3 aliphatic rings. The molecule has 130 valence electrons. The normalized spacial score (nSPS) is 29.3. The third-order valence-electron chi connectivity index (χ3n) is 5.67. The SMILES string of the molecule is O=C1[C@@H]2[C@@H](C[NH2+][C@]23C(=O)Nc2ccccc23)C(=O)N1c1cccc(Cl)c1. The lowest BCUT2D eigenvalue weighted by Gasteiger charge is -2.25. The summed E-state index contributed by atoms with van der Waals surface area (Å²) < 4.78 is 0. The summed E-state index contributed by atoms with van der Waals surface area (Å²) in [6, 6.07) is 14.0. The second-order valence-electron chi connectivity index (χ2n) is 6.88. The topological polar surface area (TPSA) is 83.1 Å². The lowest BCUT2D eigenvalue weighted by molar-refractivity contribution is -0.703. The van der Waals surface area contributed by atoms with Crippen molar-refractivity contribution in [2.24, 2.45) is 11.8 Å². The molecule has 6 nitrogen and oxygen atoms in total. The number of fused-ring (bicyclic) bond motifs is 4. The third-order valence-corrected chi connectivity index (χ3v) is 5.91. The molecule has 0 bridgehead atoms. The highest BCUT2D eigenvalue weighted by molar-refractivity contribution is 6.31. The molecule has 0 radical (unpaired) electrons. The lowest BCUT2D eigenvalue weighted by atomic mass is 9.77. The molecular weight excluding hydrogens is 354 g/mol. The third kappa shape index (κ3) is 1.78. The van der Waals surface area contributed by atoms with Gasteiger partial charge in [-0.1, -0.05) is 35.9 Å². The summed E-state index contributed by atoms with van der Waals surface area (Å²) in [5.74, 6) is -2.10. The van der Waals surface area contributed by atoms with Crippen molar-refractivity contribution in [1.82, 2.24) is 0 Å². The van der Waals surface area contributed by atoms with Gasteiger partial charge >= 0.3 is 0 Å². The fraction of sp³-hybridized carbons (Fsp3) is 0.211. The Labute approximate surface area is 154 Å². The Morgan fingerprint density at radius 1 is 1.08 bits per heavy atom. The molecule has 7 heteroatoms. The van der Waals surface area contributed by atoms with Crippen molar-refractivity contribution in [3.05, 3.63) is 59.1 Å². The van der Waals surface area contributed by atoms with Crippen LogP contribution in [0.2, 0.25) is 5.02 Å².